The third kappa shape index (κ3) is 1.81. The van der Waals surface area contributed by atoms with Gasteiger partial charge in [0.15, 0.2) is 0 Å². The molecule has 0 spiro atoms. The summed E-state index contributed by atoms with van der Waals surface area (Å²) in [4.78, 5) is 14.7. The fourth-order valence-electron chi connectivity index (χ4n) is 1.83. The summed E-state index contributed by atoms with van der Waals surface area (Å²) in [7, 11) is 0. The first kappa shape index (κ1) is 9.68. The summed E-state index contributed by atoms with van der Waals surface area (Å²) in [5.74, 6) is 0.244. The molecule has 1 fully saturated rings. The molecule has 14 heavy (non-hydrogen) atoms. The number of nitrogens with zero attached hydrogens (tertiary/aromatic N) is 1. The van der Waals surface area contributed by atoms with E-state index >= 15 is 0 Å². The zero-order valence-corrected chi connectivity index (χ0v) is 8.80. The second-order valence-electron chi connectivity index (χ2n) is 3.53. The Labute approximate surface area is 87.5 Å². The topological polar surface area (TPSA) is 46.3 Å². The SMILES string of the molecule is NCC1CCC(=O)N1Cc1cccs1. The van der Waals surface area contributed by atoms with Crippen LogP contribution < -0.4 is 5.73 Å². The third-order valence-corrected chi connectivity index (χ3v) is 3.49. The average molecular weight is 210 g/mol. The Morgan fingerprint density at radius 3 is 3.14 bits per heavy atom. The van der Waals surface area contributed by atoms with Crippen LogP contribution in [0.25, 0.3) is 0 Å². The molecule has 76 valence electrons. The second kappa shape index (κ2) is 4.11. The number of carbonyl (C=O) groups excluding carboxylic acids is 1. The first-order chi connectivity index (χ1) is 6.81. The van der Waals surface area contributed by atoms with Crippen LogP contribution in [0.1, 0.15) is 17.7 Å². The zero-order chi connectivity index (χ0) is 9.97. The van der Waals surface area contributed by atoms with E-state index in [4.69, 9.17) is 5.73 Å². The van der Waals surface area contributed by atoms with Crippen LogP contribution in [-0.4, -0.2) is 23.4 Å². The quantitative estimate of drug-likeness (QED) is 0.814. The Kier molecular flexibility index (Phi) is 2.84. The second-order valence-corrected chi connectivity index (χ2v) is 4.56. The van der Waals surface area contributed by atoms with E-state index in [0.717, 1.165) is 13.0 Å². The Morgan fingerprint density at radius 2 is 2.50 bits per heavy atom. The molecule has 2 rings (SSSR count). The molecular weight excluding hydrogens is 196 g/mol. The molecule has 1 amide bonds. The molecule has 1 unspecified atom stereocenters. The van der Waals surface area contributed by atoms with Crippen molar-refractivity contribution in [3.05, 3.63) is 22.4 Å². The highest BCUT2D eigenvalue weighted by molar-refractivity contribution is 7.09. The van der Waals surface area contributed by atoms with Gasteiger partial charge in [-0.2, -0.15) is 0 Å². The van der Waals surface area contributed by atoms with Crippen molar-refractivity contribution < 1.29 is 4.79 Å². The number of thiophene rings is 1. The molecule has 2 N–H and O–H groups in total. The van der Waals surface area contributed by atoms with Crippen LogP contribution in [0.4, 0.5) is 0 Å². The summed E-state index contributed by atoms with van der Waals surface area (Å²) >= 11 is 1.69. The van der Waals surface area contributed by atoms with E-state index in [1.165, 1.54) is 4.88 Å². The summed E-state index contributed by atoms with van der Waals surface area (Å²) in [6.45, 7) is 1.31. The minimum absolute atomic E-state index is 0.244. The fraction of sp³-hybridized carbons (Fsp3) is 0.500. The maximum Gasteiger partial charge on any atom is 0.223 e. The summed E-state index contributed by atoms with van der Waals surface area (Å²) in [6.07, 6.45) is 1.58. The predicted octanol–water partition coefficient (Wildman–Crippen LogP) is 1.20. The van der Waals surface area contributed by atoms with Gasteiger partial charge in [0, 0.05) is 23.9 Å². The van der Waals surface area contributed by atoms with Crippen molar-refractivity contribution >= 4 is 17.2 Å². The average Bonchev–Trinajstić information content (AvgIpc) is 2.79. The Morgan fingerprint density at radius 1 is 1.64 bits per heavy atom. The number of hydrogen-bond acceptors (Lipinski definition) is 3. The lowest BCUT2D eigenvalue weighted by molar-refractivity contribution is -0.129. The fourth-order valence-corrected chi connectivity index (χ4v) is 2.53. The Balaban J connectivity index is 2.05. The molecule has 3 nitrogen and oxygen atoms in total. The molecule has 2 heterocycles. The van der Waals surface area contributed by atoms with Crippen LogP contribution in [0, 0.1) is 0 Å². The minimum Gasteiger partial charge on any atom is -0.333 e. The lowest BCUT2D eigenvalue weighted by atomic mass is 10.2. The largest absolute Gasteiger partial charge is 0.333 e. The highest BCUT2D eigenvalue weighted by Crippen LogP contribution is 2.22. The van der Waals surface area contributed by atoms with Gasteiger partial charge < -0.3 is 10.6 Å². The third-order valence-electron chi connectivity index (χ3n) is 2.63. The molecule has 0 radical (unpaired) electrons. The highest BCUT2D eigenvalue weighted by Gasteiger charge is 2.29. The van der Waals surface area contributed by atoms with Crippen molar-refractivity contribution in [2.24, 2.45) is 5.73 Å². The predicted molar refractivity (Wildman–Crippen MR) is 56.9 cm³/mol. The van der Waals surface area contributed by atoms with Crippen molar-refractivity contribution in [2.45, 2.75) is 25.4 Å². The van der Waals surface area contributed by atoms with Crippen LogP contribution in [0.2, 0.25) is 0 Å². The van der Waals surface area contributed by atoms with Gasteiger partial charge in [0.1, 0.15) is 0 Å². The molecule has 1 saturated heterocycles. The number of rotatable bonds is 3. The van der Waals surface area contributed by atoms with E-state index in [1.807, 2.05) is 16.3 Å². The molecule has 1 aromatic heterocycles. The first-order valence-corrected chi connectivity index (χ1v) is 5.71. The van der Waals surface area contributed by atoms with E-state index in [-0.39, 0.29) is 11.9 Å². The molecule has 1 aliphatic rings. The van der Waals surface area contributed by atoms with Crippen molar-refractivity contribution in [3.8, 4) is 0 Å². The van der Waals surface area contributed by atoms with E-state index in [2.05, 4.69) is 6.07 Å². The summed E-state index contributed by atoms with van der Waals surface area (Å²) < 4.78 is 0. The molecular formula is C10H14N2OS. The number of carbonyl (C=O) groups is 1. The van der Waals surface area contributed by atoms with Crippen molar-refractivity contribution in [2.75, 3.05) is 6.54 Å². The number of amides is 1. The smallest absolute Gasteiger partial charge is 0.223 e. The number of likely N-dealkylation sites (tertiary alicyclic amines) is 1. The monoisotopic (exact) mass is 210 g/mol. The van der Waals surface area contributed by atoms with E-state index in [1.54, 1.807) is 11.3 Å². The van der Waals surface area contributed by atoms with Gasteiger partial charge in [-0.3, -0.25) is 4.79 Å². The Bertz CT molecular complexity index is 310. The van der Waals surface area contributed by atoms with Gasteiger partial charge in [0.2, 0.25) is 5.91 Å². The van der Waals surface area contributed by atoms with Gasteiger partial charge in [0.05, 0.1) is 6.54 Å². The van der Waals surface area contributed by atoms with Crippen LogP contribution in [-0.2, 0) is 11.3 Å². The lowest BCUT2D eigenvalue weighted by Crippen LogP contribution is -2.37. The van der Waals surface area contributed by atoms with Crippen molar-refractivity contribution in [1.29, 1.82) is 0 Å². The minimum atomic E-state index is 0.244. The normalized spacial score (nSPS) is 21.9. The molecule has 1 atom stereocenters. The lowest BCUT2D eigenvalue weighted by Gasteiger charge is -2.22. The molecule has 0 saturated carbocycles. The van der Waals surface area contributed by atoms with Crippen molar-refractivity contribution in [3.63, 3.8) is 0 Å². The van der Waals surface area contributed by atoms with E-state index in [9.17, 15) is 4.79 Å². The molecule has 4 heteroatoms. The summed E-state index contributed by atoms with van der Waals surface area (Å²) in [6, 6.07) is 4.33. The van der Waals surface area contributed by atoms with Gasteiger partial charge in [0.25, 0.3) is 0 Å². The molecule has 0 bridgehead atoms. The zero-order valence-electron chi connectivity index (χ0n) is 7.98. The van der Waals surface area contributed by atoms with E-state index in [0.29, 0.717) is 13.0 Å². The van der Waals surface area contributed by atoms with Gasteiger partial charge >= 0.3 is 0 Å². The molecule has 0 aromatic carbocycles. The van der Waals surface area contributed by atoms with Crippen molar-refractivity contribution in [1.82, 2.24) is 4.90 Å². The van der Waals surface area contributed by atoms with Crippen LogP contribution >= 0.6 is 11.3 Å². The molecule has 0 aliphatic carbocycles. The maximum absolute atomic E-state index is 11.5. The van der Waals surface area contributed by atoms with Crippen LogP contribution in [0.5, 0.6) is 0 Å². The van der Waals surface area contributed by atoms with Crippen LogP contribution in [0.3, 0.4) is 0 Å². The standard InChI is InChI=1S/C10H14N2OS/c11-6-8-3-4-10(13)12(8)7-9-2-1-5-14-9/h1-2,5,8H,3-4,6-7,11H2. The highest BCUT2D eigenvalue weighted by atomic mass is 32.1. The van der Waals surface area contributed by atoms with Crippen LogP contribution in [0.15, 0.2) is 17.5 Å². The van der Waals surface area contributed by atoms with Gasteiger partial charge in [-0.1, -0.05) is 6.07 Å². The number of hydrogen-bond donors (Lipinski definition) is 1. The maximum atomic E-state index is 11.5. The van der Waals surface area contributed by atoms with Gasteiger partial charge in [-0.15, -0.1) is 11.3 Å². The first-order valence-electron chi connectivity index (χ1n) is 4.83. The van der Waals surface area contributed by atoms with E-state index < -0.39 is 0 Å². The Hall–Kier alpha value is -0.870. The van der Waals surface area contributed by atoms with Gasteiger partial charge in [-0.05, 0) is 17.9 Å². The number of nitrogens with two attached hydrogens (primary N) is 1. The molecule has 1 aliphatic heterocycles. The van der Waals surface area contributed by atoms with Gasteiger partial charge in [-0.25, -0.2) is 0 Å². The summed E-state index contributed by atoms with van der Waals surface area (Å²) in [5.41, 5.74) is 5.62. The molecule has 1 aromatic rings. The summed E-state index contributed by atoms with van der Waals surface area (Å²) in [5, 5.41) is 2.04.